The van der Waals surface area contributed by atoms with Crippen LogP contribution in [0.15, 0.2) is 77.7 Å². The molecule has 1 saturated heterocycles. The predicted molar refractivity (Wildman–Crippen MR) is 124 cm³/mol. The highest BCUT2D eigenvalue weighted by atomic mass is 32.2. The van der Waals surface area contributed by atoms with E-state index in [1.807, 2.05) is 12.1 Å². The Hall–Kier alpha value is -2.74. The molecule has 0 bridgehead atoms. The third-order valence-corrected chi connectivity index (χ3v) is 6.89. The lowest BCUT2D eigenvalue weighted by molar-refractivity contribution is 0.184. The highest BCUT2D eigenvalue weighted by Crippen LogP contribution is 2.27. The molecule has 0 amide bonds. The zero-order valence-electron chi connectivity index (χ0n) is 17.6. The van der Waals surface area contributed by atoms with E-state index in [0.29, 0.717) is 4.90 Å². The molecule has 4 aromatic rings. The zero-order valence-corrected chi connectivity index (χ0v) is 18.4. The smallest absolute Gasteiger partial charge is 0.140 e. The molecule has 0 spiro atoms. The highest BCUT2D eigenvalue weighted by Gasteiger charge is 2.21. The Kier molecular flexibility index (Phi) is 6.21. The maximum absolute atomic E-state index is 14.0. The second kappa shape index (κ2) is 9.40. The molecule has 0 radical (unpaired) electrons. The van der Waals surface area contributed by atoms with Crippen LogP contribution in [0.3, 0.4) is 0 Å². The van der Waals surface area contributed by atoms with Crippen molar-refractivity contribution >= 4 is 23.0 Å². The SMILES string of the molecule is Fc1ccc(SN2CCN(Cc3nc4ccccc4n3Cc3ccccc3)CC2)c(F)c1. The van der Waals surface area contributed by atoms with Gasteiger partial charge in [0.25, 0.3) is 0 Å². The van der Waals surface area contributed by atoms with E-state index in [4.69, 9.17) is 4.98 Å². The number of fused-ring (bicyclic) bond motifs is 1. The number of nitrogens with zero attached hydrogens (tertiary/aromatic N) is 4. The Labute approximate surface area is 190 Å². The summed E-state index contributed by atoms with van der Waals surface area (Å²) in [5.74, 6) is 0.00264. The normalized spacial score (nSPS) is 15.4. The summed E-state index contributed by atoms with van der Waals surface area (Å²) >= 11 is 1.36. The molecule has 0 N–H and O–H groups in total. The standard InChI is InChI=1S/C25H24F2N4S/c26-20-10-11-24(21(27)16-20)32-30-14-12-29(13-15-30)18-25-28-22-8-4-5-9-23(22)31(25)17-19-6-2-1-3-7-19/h1-11,16H,12-15,17-18H2. The van der Waals surface area contributed by atoms with Crippen molar-refractivity contribution in [1.29, 1.82) is 0 Å². The molecule has 4 nitrogen and oxygen atoms in total. The zero-order chi connectivity index (χ0) is 21.9. The third kappa shape index (κ3) is 4.70. The molecule has 164 valence electrons. The summed E-state index contributed by atoms with van der Waals surface area (Å²) < 4.78 is 31.6. The van der Waals surface area contributed by atoms with Gasteiger partial charge in [0.15, 0.2) is 0 Å². The van der Waals surface area contributed by atoms with Gasteiger partial charge in [-0.25, -0.2) is 18.1 Å². The van der Waals surface area contributed by atoms with E-state index in [0.717, 1.165) is 62.2 Å². The molecule has 32 heavy (non-hydrogen) atoms. The highest BCUT2D eigenvalue weighted by molar-refractivity contribution is 7.97. The van der Waals surface area contributed by atoms with Crippen molar-refractivity contribution in [2.75, 3.05) is 26.2 Å². The minimum atomic E-state index is -0.546. The monoisotopic (exact) mass is 450 g/mol. The average Bonchev–Trinajstić information content (AvgIpc) is 3.14. The third-order valence-electron chi connectivity index (χ3n) is 5.73. The van der Waals surface area contributed by atoms with Gasteiger partial charge in [-0.05, 0) is 41.8 Å². The van der Waals surface area contributed by atoms with Gasteiger partial charge in [0.2, 0.25) is 0 Å². The van der Waals surface area contributed by atoms with Gasteiger partial charge < -0.3 is 4.57 Å². The Morgan fingerprint density at radius 2 is 1.56 bits per heavy atom. The molecule has 7 heteroatoms. The van der Waals surface area contributed by atoms with E-state index in [1.165, 1.54) is 29.6 Å². The number of hydrogen-bond acceptors (Lipinski definition) is 4. The van der Waals surface area contributed by atoms with Gasteiger partial charge in [-0.1, -0.05) is 42.5 Å². The molecule has 1 aliphatic rings. The van der Waals surface area contributed by atoms with E-state index in [-0.39, 0.29) is 0 Å². The molecule has 1 fully saturated rings. The van der Waals surface area contributed by atoms with E-state index in [2.05, 4.69) is 56.2 Å². The number of piperazine rings is 1. The van der Waals surface area contributed by atoms with Gasteiger partial charge in [-0.3, -0.25) is 4.90 Å². The summed E-state index contributed by atoms with van der Waals surface area (Å²) in [5, 5.41) is 0. The van der Waals surface area contributed by atoms with Crippen LogP contribution in [0.4, 0.5) is 8.78 Å². The lowest BCUT2D eigenvalue weighted by atomic mass is 10.2. The minimum Gasteiger partial charge on any atom is -0.322 e. The first kappa shape index (κ1) is 21.1. The first-order valence-corrected chi connectivity index (χ1v) is 11.5. The van der Waals surface area contributed by atoms with E-state index in [9.17, 15) is 8.78 Å². The molecule has 2 heterocycles. The molecule has 0 unspecified atom stereocenters. The van der Waals surface area contributed by atoms with Crippen LogP contribution in [-0.4, -0.2) is 44.9 Å². The number of benzene rings is 3. The molecule has 0 atom stereocenters. The Morgan fingerprint density at radius 1 is 0.812 bits per heavy atom. The second-order valence-corrected chi connectivity index (χ2v) is 9.10. The number of imidazole rings is 1. The lowest BCUT2D eigenvalue weighted by Gasteiger charge is -2.33. The first-order chi connectivity index (χ1) is 15.7. The van der Waals surface area contributed by atoms with Crippen molar-refractivity contribution in [2.45, 2.75) is 18.0 Å². The van der Waals surface area contributed by atoms with Crippen molar-refractivity contribution in [2.24, 2.45) is 0 Å². The first-order valence-electron chi connectivity index (χ1n) is 10.7. The number of hydrogen-bond donors (Lipinski definition) is 0. The van der Waals surface area contributed by atoms with Crippen molar-refractivity contribution in [1.82, 2.24) is 18.8 Å². The fourth-order valence-corrected chi connectivity index (χ4v) is 4.95. The number of halogens is 2. The average molecular weight is 451 g/mol. The van der Waals surface area contributed by atoms with Crippen molar-refractivity contribution in [3.63, 3.8) is 0 Å². The minimum absolute atomic E-state index is 0.463. The van der Waals surface area contributed by atoms with E-state index in [1.54, 1.807) is 0 Å². The van der Waals surface area contributed by atoms with Crippen molar-refractivity contribution in [3.8, 4) is 0 Å². The molecule has 0 saturated carbocycles. The van der Waals surface area contributed by atoms with Gasteiger partial charge in [0, 0.05) is 38.8 Å². The summed E-state index contributed by atoms with van der Waals surface area (Å²) in [4.78, 5) is 7.78. The number of aromatic nitrogens is 2. The molecular formula is C25H24F2N4S. The van der Waals surface area contributed by atoms with Crippen LogP contribution in [0.2, 0.25) is 0 Å². The van der Waals surface area contributed by atoms with E-state index >= 15 is 0 Å². The molecule has 3 aromatic carbocycles. The van der Waals surface area contributed by atoms with Crippen LogP contribution in [0.25, 0.3) is 11.0 Å². The van der Waals surface area contributed by atoms with Gasteiger partial charge in [-0.15, -0.1) is 0 Å². The summed E-state index contributed by atoms with van der Waals surface area (Å²) in [5.41, 5.74) is 3.41. The Balaban J connectivity index is 1.28. The maximum Gasteiger partial charge on any atom is 0.140 e. The molecule has 1 aliphatic heterocycles. The van der Waals surface area contributed by atoms with Crippen LogP contribution in [-0.2, 0) is 13.1 Å². The molecule has 1 aromatic heterocycles. The molecule has 5 rings (SSSR count). The van der Waals surface area contributed by atoms with Crippen LogP contribution in [0, 0.1) is 11.6 Å². The summed E-state index contributed by atoms with van der Waals surface area (Å²) in [7, 11) is 0. The van der Waals surface area contributed by atoms with Crippen LogP contribution in [0.1, 0.15) is 11.4 Å². The van der Waals surface area contributed by atoms with E-state index < -0.39 is 11.6 Å². The molecule has 0 aliphatic carbocycles. The Morgan fingerprint density at radius 3 is 2.34 bits per heavy atom. The summed E-state index contributed by atoms with van der Waals surface area (Å²) in [6.45, 7) is 4.90. The largest absolute Gasteiger partial charge is 0.322 e. The summed E-state index contributed by atoms with van der Waals surface area (Å²) in [6, 6.07) is 22.5. The van der Waals surface area contributed by atoms with Gasteiger partial charge in [0.1, 0.15) is 17.5 Å². The Bertz CT molecular complexity index is 1200. The fourth-order valence-electron chi connectivity index (χ4n) is 4.06. The predicted octanol–water partition coefficient (Wildman–Crippen LogP) is 5.19. The van der Waals surface area contributed by atoms with Crippen LogP contribution >= 0.6 is 11.9 Å². The van der Waals surface area contributed by atoms with Crippen molar-refractivity contribution in [3.05, 3.63) is 95.8 Å². The molecular weight excluding hydrogens is 426 g/mol. The number of para-hydroxylation sites is 2. The van der Waals surface area contributed by atoms with Gasteiger partial charge >= 0.3 is 0 Å². The topological polar surface area (TPSA) is 24.3 Å². The fraction of sp³-hybridized carbons (Fsp3) is 0.240. The van der Waals surface area contributed by atoms with Gasteiger partial charge in [0.05, 0.1) is 22.5 Å². The summed E-state index contributed by atoms with van der Waals surface area (Å²) in [6.07, 6.45) is 0. The van der Waals surface area contributed by atoms with Crippen molar-refractivity contribution < 1.29 is 8.78 Å². The van der Waals surface area contributed by atoms with Gasteiger partial charge in [-0.2, -0.15) is 0 Å². The lowest BCUT2D eigenvalue weighted by Crippen LogP contribution is -2.43. The van der Waals surface area contributed by atoms with Crippen LogP contribution < -0.4 is 0 Å². The quantitative estimate of drug-likeness (QED) is 0.378. The maximum atomic E-state index is 14.0. The second-order valence-electron chi connectivity index (χ2n) is 7.96. The van der Waals surface area contributed by atoms with Crippen LogP contribution in [0.5, 0.6) is 0 Å². The number of rotatable bonds is 6.